The molecule has 1 fully saturated rings. The minimum absolute atomic E-state index is 0.256. The Balaban J connectivity index is 1.65. The smallest absolute Gasteiger partial charge is 0.152 e. The SMILES string of the molecule is CS(=O)(=O)CCCCCn1c(CCC2CC2)nc2c(N)nc3ccccc3c21. The van der Waals surface area contributed by atoms with Gasteiger partial charge in [0, 0.05) is 30.4 Å². The van der Waals surface area contributed by atoms with E-state index in [1.165, 1.54) is 25.5 Å². The van der Waals surface area contributed by atoms with Crippen LogP contribution < -0.4 is 5.73 Å². The average molecular weight is 401 g/mol. The normalized spacial score (nSPS) is 14.9. The first-order chi connectivity index (χ1) is 13.4. The molecule has 0 unspecified atom stereocenters. The summed E-state index contributed by atoms with van der Waals surface area (Å²) in [5.74, 6) is 2.66. The number of anilines is 1. The molecule has 1 aromatic carbocycles. The van der Waals surface area contributed by atoms with E-state index in [1.54, 1.807) is 0 Å². The lowest BCUT2D eigenvalue weighted by atomic mass is 10.1. The van der Waals surface area contributed by atoms with Crippen LogP contribution in [0.25, 0.3) is 21.9 Å². The number of para-hydroxylation sites is 1. The molecule has 1 aliphatic rings. The summed E-state index contributed by atoms with van der Waals surface area (Å²) in [4.78, 5) is 9.42. The number of imidazole rings is 1. The van der Waals surface area contributed by atoms with Gasteiger partial charge in [0.2, 0.25) is 0 Å². The van der Waals surface area contributed by atoms with Crippen molar-refractivity contribution in [3.05, 3.63) is 30.1 Å². The van der Waals surface area contributed by atoms with Gasteiger partial charge in [-0.3, -0.25) is 0 Å². The molecule has 0 spiro atoms. The lowest BCUT2D eigenvalue weighted by molar-refractivity contribution is 0.569. The second kappa shape index (κ2) is 7.70. The molecule has 0 aliphatic heterocycles. The van der Waals surface area contributed by atoms with Gasteiger partial charge in [0.15, 0.2) is 5.82 Å². The minimum atomic E-state index is -2.89. The van der Waals surface area contributed by atoms with E-state index in [0.717, 1.165) is 59.5 Å². The Morgan fingerprint density at radius 1 is 1.14 bits per heavy atom. The van der Waals surface area contributed by atoms with E-state index in [0.29, 0.717) is 12.2 Å². The van der Waals surface area contributed by atoms with Crippen molar-refractivity contribution in [3.63, 3.8) is 0 Å². The van der Waals surface area contributed by atoms with E-state index in [1.807, 2.05) is 18.2 Å². The molecular formula is C21H28N4O2S. The third kappa shape index (κ3) is 4.29. The highest BCUT2D eigenvalue weighted by Gasteiger charge is 2.23. The first kappa shape index (κ1) is 19.2. The fourth-order valence-corrected chi connectivity index (χ4v) is 4.62. The van der Waals surface area contributed by atoms with Gasteiger partial charge < -0.3 is 10.3 Å². The molecule has 28 heavy (non-hydrogen) atoms. The van der Waals surface area contributed by atoms with Gasteiger partial charge in [-0.25, -0.2) is 18.4 Å². The molecule has 6 nitrogen and oxygen atoms in total. The van der Waals surface area contributed by atoms with Crippen molar-refractivity contribution in [2.75, 3.05) is 17.7 Å². The lowest BCUT2D eigenvalue weighted by Gasteiger charge is -2.11. The number of nitrogens with zero attached hydrogens (tertiary/aromatic N) is 3. The van der Waals surface area contributed by atoms with E-state index < -0.39 is 9.84 Å². The Bertz CT molecular complexity index is 1100. The topological polar surface area (TPSA) is 90.9 Å². The van der Waals surface area contributed by atoms with Crippen LogP contribution in [0.1, 0.15) is 44.3 Å². The molecule has 0 amide bonds. The summed E-state index contributed by atoms with van der Waals surface area (Å²) in [7, 11) is -2.89. The largest absolute Gasteiger partial charge is 0.382 e. The van der Waals surface area contributed by atoms with Gasteiger partial charge in [-0.15, -0.1) is 0 Å². The quantitative estimate of drug-likeness (QED) is 0.553. The highest BCUT2D eigenvalue weighted by Crippen LogP contribution is 2.35. The zero-order chi connectivity index (χ0) is 19.7. The molecule has 1 saturated carbocycles. The average Bonchev–Trinajstić information content (AvgIpc) is 3.40. The standard InChI is InChI=1S/C21H28N4O2S/c1-28(26,27)14-6-2-5-13-25-18(12-11-15-9-10-15)24-19-20(25)16-7-3-4-8-17(16)23-21(19)22/h3-4,7-8,15H,2,5-6,9-14H2,1H3,(H2,22,23). The van der Waals surface area contributed by atoms with Crippen LogP contribution in [0.5, 0.6) is 0 Å². The van der Waals surface area contributed by atoms with E-state index in [4.69, 9.17) is 10.7 Å². The fraction of sp³-hybridized carbons (Fsp3) is 0.524. The summed E-state index contributed by atoms with van der Waals surface area (Å²) in [5.41, 5.74) is 8.99. The summed E-state index contributed by atoms with van der Waals surface area (Å²) in [5, 5.41) is 1.08. The van der Waals surface area contributed by atoms with Crippen LogP contribution in [-0.2, 0) is 22.8 Å². The van der Waals surface area contributed by atoms with Crippen LogP contribution >= 0.6 is 0 Å². The molecule has 2 N–H and O–H groups in total. The van der Waals surface area contributed by atoms with Gasteiger partial charge >= 0.3 is 0 Å². The van der Waals surface area contributed by atoms with Gasteiger partial charge in [0.25, 0.3) is 0 Å². The molecule has 0 saturated heterocycles. The number of rotatable bonds is 9. The maximum atomic E-state index is 11.4. The zero-order valence-electron chi connectivity index (χ0n) is 16.4. The molecule has 7 heteroatoms. The van der Waals surface area contributed by atoms with Crippen LogP contribution in [0.4, 0.5) is 5.82 Å². The molecule has 2 heterocycles. The van der Waals surface area contributed by atoms with Gasteiger partial charge in [-0.05, 0) is 31.2 Å². The molecule has 0 atom stereocenters. The first-order valence-corrected chi connectivity index (χ1v) is 12.2. The van der Waals surface area contributed by atoms with E-state index in [9.17, 15) is 8.42 Å². The second-order valence-corrected chi connectivity index (χ2v) is 10.3. The lowest BCUT2D eigenvalue weighted by Crippen LogP contribution is -2.07. The van der Waals surface area contributed by atoms with Crippen LogP contribution in [0.3, 0.4) is 0 Å². The molecule has 1 aliphatic carbocycles. The van der Waals surface area contributed by atoms with Gasteiger partial charge in [0.1, 0.15) is 21.2 Å². The number of pyridine rings is 1. The highest BCUT2D eigenvalue weighted by atomic mass is 32.2. The maximum absolute atomic E-state index is 11.4. The maximum Gasteiger partial charge on any atom is 0.152 e. The summed E-state index contributed by atoms with van der Waals surface area (Å²) >= 11 is 0. The zero-order valence-corrected chi connectivity index (χ0v) is 17.2. The van der Waals surface area contributed by atoms with Crippen molar-refractivity contribution < 1.29 is 8.42 Å². The van der Waals surface area contributed by atoms with Crippen molar-refractivity contribution >= 4 is 37.6 Å². The first-order valence-electron chi connectivity index (χ1n) is 10.1. The molecule has 2 aromatic heterocycles. The Hall–Kier alpha value is -2.15. The molecule has 4 rings (SSSR count). The second-order valence-electron chi connectivity index (χ2n) is 8.06. The van der Waals surface area contributed by atoms with Crippen molar-refractivity contribution in [3.8, 4) is 0 Å². The number of unbranched alkanes of at least 4 members (excludes halogenated alkanes) is 2. The Morgan fingerprint density at radius 3 is 2.68 bits per heavy atom. The Kier molecular flexibility index (Phi) is 5.27. The number of nitrogens with two attached hydrogens (primary N) is 1. The highest BCUT2D eigenvalue weighted by molar-refractivity contribution is 7.90. The Labute approximate surface area is 166 Å². The predicted molar refractivity (Wildman–Crippen MR) is 114 cm³/mol. The number of sulfone groups is 1. The number of aromatic nitrogens is 3. The molecule has 3 aromatic rings. The van der Waals surface area contributed by atoms with E-state index in [2.05, 4.69) is 15.6 Å². The number of hydrogen-bond donors (Lipinski definition) is 1. The molecular weight excluding hydrogens is 372 g/mol. The molecule has 0 bridgehead atoms. The summed E-state index contributed by atoms with van der Waals surface area (Å²) in [6, 6.07) is 8.06. The van der Waals surface area contributed by atoms with Crippen molar-refractivity contribution in [1.82, 2.24) is 14.5 Å². The van der Waals surface area contributed by atoms with Gasteiger partial charge in [-0.1, -0.05) is 37.5 Å². The number of aryl methyl sites for hydroxylation is 2. The van der Waals surface area contributed by atoms with Crippen molar-refractivity contribution in [2.45, 2.75) is 51.5 Å². The van der Waals surface area contributed by atoms with Crippen LogP contribution in [0, 0.1) is 5.92 Å². The van der Waals surface area contributed by atoms with E-state index >= 15 is 0 Å². The van der Waals surface area contributed by atoms with Crippen molar-refractivity contribution in [1.29, 1.82) is 0 Å². The number of hydrogen-bond acceptors (Lipinski definition) is 5. The monoisotopic (exact) mass is 400 g/mol. The van der Waals surface area contributed by atoms with Gasteiger partial charge in [0.05, 0.1) is 11.0 Å². The summed E-state index contributed by atoms with van der Waals surface area (Å²) in [6.45, 7) is 0.827. The summed E-state index contributed by atoms with van der Waals surface area (Å²) in [6.07, 6.45) is 8.60. The number of benzene rings is 1. The molecule has 0 radical (unpaired) electrons. The predicted octanol–water partition coefficient (Wildman–Crippen LogP) is 3.72. The third-order valence-corrected chi connectivity index (χ3v) is 6.59. The van der Waals surface area contributed by atoms with Crippen LogP contribution in [0.15, 0.2) is 24.3 Å². The third-order valence-electron chi connectivity index (χ3n) is 5.56. The fourth-order valence-electron chi connectivity index (χ4n) is 3.89. The molecule has 150 valence electrons. The van der Waals surface area contributed by atoms with Gasteiger partial charge in [-0.2, -0.15) is 0 Å². The van der Waals surface area contributed by atoms with E-state index in [-0.39, 0.29) is 5.75 Å². The van der Waals surface area contributed by atoms with Crippen LogP contribution in [0.2, 0.25) is 0 Å². The number of fused-ring (bicyclic) bond motifs is 3. The number of nitrogen functional groups attached to an aromatic ring is 1. The van der Waals surface area contributed by atoms with Crippen LogP contribution in [-0.4, -0.2) is 35.0 Å². The summed E-state index contributed by atoms with van der Waals surface area (Å²) < 4.78 is 25.0. The minimum Gasteiger partial charge on any atom is -0.382 e. The Morgan fingerprint density at radius 2 is 1.93 bits per heavy atom. The van der Waals surface area contributed by atoms with Crippen molar-refractivity contribution in [2.24, 2.45) is 5.92 Å².